The molecule has 2 saturated heterocycles. The summed E-state index contributed by atoms with van der Waals surface area (Å²) in [5.41, 5.74) is 6.52. The third kappa shape index (κ3) is 2.82. The Kier molecular flexibility index (Phi) is 3.81. The molecule has 2 fully saturated rings. The molecule has 0 radical (unpaired) electrons. The molecular formula is C25H22N8. The maximum atomic E-state index is 9.10. The van der Waals surface area contributed by atoms with Crippen molar-refractivity contribution < 1.29 is 0 Å². The van der Waals surface area contributed by atoms with Gasteiger partial charge in [0.05, 0.1) is 29.2 Å². The van der Waals surface area contributed by atoms with Gasteiger partial charge in [0.25, 0.3) is 0 Å². The molecule has 0 aliphatic carbocycles. The van der Waals surface area contributed by atoms with Gasteiger partial charge in [0.1, 0.15) is 12.1 Å². The van der Waals surface area contributed by atoms with E-state index in [9.17, 15) is 0 Å². The first kappa shape index (κ1) is 18.6. The summed E-state index contributed by atoms with van der Waals surface area (Å²) in [6.45, 7) is 5.09. The number of nitriles is 1. The van der Waals surface area contributed by atoms with Gasteiger partial charge in [-0.2, -0.15) is 5.26 Å². The molecule has 4 aromatic rings. The molecule has 162 valence electrons. The van der Waals surface area contributed by atoms with E-state index in [0.29, 0.717) is 11.0 Å². The minimum Gasteiger partial charge on any atom is -0.356 e. The Morgan fingerprint density at radius 3 is 2.73 bits per heavy atom. The molecule has 8 heteroatoms. The third-order valence-corrected chi connectivity index (χ3v) is 7.33. The van der Waals surface area contributed by atoms with Crippen LogP contribution in [0.15, 0.2) is 55.1 Å². The van der Waals surface area contributed by atoms with Crippen LogP contribution in [-0.4, -0.2) is 50.5 Å². The number of nitrogens with one attached hydrogen (secondary N) is 1. The minimum absolute atomic E-state index is 0.430. The van der Waals surface area contributed by atoms with Crippen LogP contribution >= 0.6 is 0 Å². The minimum atomic E-state index is 0.430. The second-order valence-electron chi connectivity index (χ2n) is 9.40. The normalized spacial score (nSPS) is 17.6. The van der Waals surface area contributed by atoms with Gasteiger partial charge in [0.15, 0.2) is 5.82 Å². The molecule has 1 N–H and O–H groups in total. The number of fused-ring (bicyclic) bond motifs is 5. The van der Waals surface area contributed by atoms with Crippen LogP contribution < -0.4 is 10.2 Å². The van der Waals surface area contributed by atoms with Crippen LogP contribution in [0, 0.1) is 16.7 Å². The van der Waals surface area contributed by atoms with Crippen molar-refractivity contribution in [2.75, 3.05) is 31.1 Å². The molecular weight excluding hydrogens is 412 g/mol. The van der Waals surface area contributed by atoms with Crippen LogP contribution in [-0.2, 0) is 6.54 Å². The van der Waals surface area contributed by atoms with Crippen LogP contribution in [0.2, 0.25) is 0 Å². The van der Waals surface area contributed by atoms with E-state index in [1.54, 1.807) is 6.33 Å². The fourth-order valence-electron chi connectivity index (χ4n) is 5.38. The standard InChI is InChI=1S/C25H22N8/c26-9-17-1-3-18(4-2-17)19-7-21-24-30-29-16-33(24)22-10-28-23(8-20(22)12-32(21)11-19)31-6-5-25(15-31)13-27-14-25/h1-4,7-8,10-11,16,27H,5-6,12-15H2. The van der Waals surface area contributed by atoms with Crippen molar-refractivity contribution in [3.63, 3.8) is 0 Å². The molecule has 0 amide bonds. The number of nitrogens with zero attached hydrogens (tertiary/aromatic N) is 7. The molecule has 7 rings (SSSR count). The second-order valence-corrected chi connectivity index (χ2v) is 9.40. The van der Waals surface area contributed by atoms with Crippen molar-refractivity contribution in [2.45, 2.75) is 13.0 Å². The summed E-state index contributed by atoms with van der Waals surface area (Å²) in [4.78, 5) is 7.27. The summed E-state index contributed by atoms with van der Waals surface area (Å²) in [6, 6.07) is 14.3. The predicted molar refractivity (Wildman–Crippen MR) is 124 cm³/mol. The number of anilines is 1. The number of pyridine rings is 1. The van der Waals surface area contributed by atoms with Gasteiger partial charge in [-0.15, -0.1) is 10.2 Å². The highest BCUT2D eigenvalue weighted by molar-refractivity contribution is 5.72. The highest BCUT2D eigenvalue weighted by Crippen LogP contribution is 2.38. The van der Waals surface area contributed by atoms with Gasteiger partial charge in [-0.3, -0.25) is 4.57 Å². The van der Waals surface area contributed by atoms with Gasteiger partial charge in [0.2, 0.25) is 0 Å². The van der Waals surface area contributed by atoms with Gasteiger partial charge in [-0.1, -0.05) is 12.1 Å². The lowest BCUT2D eigenvalue weighted by Crippen LogP contribution is -2.54. The maximum absolute atomic E-state index is 9.10. The average molecular weight is 435 g/mol. The van der Waals surface area contributed by atoms with Gasteiger partial charge in [0, 0.05) is 55.5 Å². The maximum Gasteiger partial charge on any atom is 0.185 e. The SMILES string of the molecule is N#Cc1ccc(-c2cc3n(c2)Cc2cc(N4CCC5(CNC5)C4)ncc2-n2cnnc2-3)cc1. The van der Waals surface area contributed by atoms with Crippen LogP contribution in [0.4, 0.5) is 5.82 Å². The molecule has 3 aliphatic heterocycles. The first-order chi connectivity index (χ1) is 16.2. The topological polar surface area (TPSA) is 87.6 Å². The first-order valence-electron chi connectivity index (χ1n) is 11.3. The highest BCUT2D eigenvalue weighted by atomic mass is 15.3. The smallest absolute Gasteiger partial charge is 0.185 e. The largest absolute Gasteiger partial charge is 0.356 e. The van der Waals surface area contributed by atoms with E-state index in [1.165, 1.54) is 12.0 Å². The number of hydrogen-bond donors (Lipinski definition) is 1. The number of benzene rings is 1. The van der Waals surface area contributed by atoms with Crippen molar-refractivity contribution in [2.24, 2.45) is 5.41 Å². The van der Waals surface area contributed by atoms with Crippen LogP contribution in [0.5, 0.6) is 0 Å². The lowest BCUT2D eigenvalue weighted by Gasteiger charge is -2.39. The predicted octanol–water partition coefficient (Wildman–Crippen LogP) is 2.83. The molecule has 3 aromatic heterocycles. The zero-order chi connectivity index (χ0) is 22.0. The van der Waals surface area contributed by atoms with Crippen LogP contribution in [0.3, 0.4) is 0 Å². The Bertz CT molecular complexity index is 1420. The van der Waals surface area contributed by atoms with E-state index in [-0.39, 0.29) is 0 Å². The molecule has 33 heavy (non-hydrogen) atoms. The third-order valence-electron chi connectivity index (χ3n) is 7.33. The lowest BCUT2D eigenvalue weighted by atomic mass is 9.81. The van der Waals surface area contributed by atoms with Crippen molar-refractivity contribution in [1.82, 2.24) is 29.6 Å². The lowest BCUT2D eigenvalue weighted by molar-refractivity contribution is 0.199. The van der Waals surface area contributed by atoms with Gasteiger partial charge in [-0.05, 0) is 36.2 Å². The van der Waals surface area contributed by atoms with E-state index < -0.39 is 0 Å². The van der Waals surface area contributed by atoms with Crippen molar-refractivity contribution in [3.05, 3.63) is 66.2 Å². The van der Waals surface area contributed by atoms with Gasteiger partial charge >= 0.3 is 0 Å². The van der Waals surface area contributed by atoms with E-state index in [4.69, 9.17) is 10.2 Å². The number of aromatic nitrogens is 5. The molecule has 6 heterocycles. The molecule has 0 saturated carbocycles. The van der Waals surface area contributed by atoms with Crippen LogP contribution in [0.1, 0.15) is 17.5 Å². The molecule has 1 aromatic carbocycles. The van der Waals surface area contributed by atoms with Crippen molar-refractivity contribution in [1.29, 1.82) is 5.26 Å². The van der Waals surface area contributed by atoms with Gasteiger partial charge < -0.3 is 14.8 Å². The first-order valence-corrected chi connectivity index (χ1v) is 11.3. The zero-order valence-electron chi connectivity index (χ0n) is 18.1. The fourth-order valence-corrected chi connectivity index (χ4v) is 5.38. The summed E-state index contributed by atoms with van der Waals surface area (Å²) < 4.78 is 4.28. The summed E-state index contributed by atoms with van der Waals surface area (Å²) in [5.74, 6) is 1.86. The van der Waals surface area contributed by atoms with E-state index >= 15 is 0 Å². The Morgan fingerprint density at radius 2 is 1.97 bits per heavy atom. The summed E-state index contributed by atoms with van der Waals surface area (Å²) >= 11 is 0. The molecule has 0 unspecified atom stereocenters. The second kappa shape index (κ2) is 6.77. The molecule has 0 atom stereocenters. The van der Waals surface area contributed by atoms with Crippen molar-refractivity contribution in [3.8, 4) is 34.4 Å². The Hall–Kier alpha value is -3.96. The molecule has 8 nitrogen and oxygen atoms in total. The fraction of sp³-hybridized carbons (Fsp3) is 0.280. The Morgan fingerprint density at radius 1 is 1.09 bits per heavy atom. The molecule has 3 aliphatic rings. The van der Waals surface area contributed by atoms with E-state index in [1.807, 2.05) is 35.0 Å². The summed E-state index contributed by atoms with van der Waals surface area (Å²) in [5, 5.41) is 21.2. The summed E-state index contributed by atoms with van der Waals surface area (Å²) in [7, 11) is 0. The number of hydrogen-bond acceptors (Lipinski definition) is 6. The summed E-state index contributed by atoms with van der Waals surface area (Å²) in [6.07, 6.45) is 7.12. The Balaban J connectivity index is 1.29. The average Bonchev–Trinajstić information content (AvgIpc) is 3.56. The zero-order valence-corrected chi connectivity index (χ0v) is 18.1. The van der Waals surface area contributed by atoms with Crippen LogP contribution in [0.25, 0.3) is 28.3 Å². The highest BCUT2D eigenvalue weighted by Gasteiger charge is 2.43. The van der Waals surface area contributed by atoms with Gasteiger partial charge in [-0.25, -0.2) is 4.98 Å². The molecule has 0 bridgehead atoms. The molecule has 1 spiro atoms. The quantitative estimate of drug-likeness (QED) is 0.460. The monoisotopic (exact) mass is 434 g/mol. The van der Waals surface area contributed by atoms with E-state index in [0.717, 1.165) is 66.9 Å². The number of rotatable bonds is 2. The van der Waals surface area contributed by atoms with E-state index in [2.05, 4.69) is 49.4 Å². The Labute approximate surface area is 191 Å². The van der Waals surface area contributed by atoms with Crippen molar-refractivity contribution >= 4 is 5.82 Å².